The fraction of sp³-hybridized carbons (Fsp3) is 0.471. The van der Waals surface area contributed by atoms with Crippen LogP contribution in [-0.4, -0.2) is 174 Å². The summed E-state index contributed by atoms with van der Waals surface area (Å²) in [5.74, 6) is -10.5. The Morgan fingerprint density at radius 1 is 0.616 bits per heavy atom. The van der Waals surface area contributed by atoms with E-state index >= 15 is 9.59 Å². The largest absolute Gasteiger partial charge is 0.449 e. The number of carbonyl (C=O) groups excluding carboxylic acids is 10. The van der Waals surface area contributed by atoms with Crippen LogP contribution in [0.15, 0.2) is 126 Å². The van der Waals surface area contributed by atoms with Gasteiger partial charge in [0.1, 0.15) is 55.5 Å². The number of hydrogen-bond donors (Lipinski definition) is 16. The molecule has 4 aromatic rings. The third-order valence-electron chi connectivity index (χ3n) is 17.0. The predicted octanol–water partition coefficient (Wildman–Crippen LogP) is 1.11. The molecule has 2 aliphatic rings. The standard InChI is InChI=1S/C70H96N14O15/c1-9-40(6)55-65(93)81-56(42(8)86)64(92)75-34-54(87)77-50(30-32-74-69(96)98-36-43-21-12-10-13-22-43)41(7)76-53(35-85)63(91)82-57(44-23-14-11-15-24-44)58(84-70(97)99-37-49-47-27-18-16-25-45(47)46-26-17-19-28-48(46)49)66(94)83-59(60(88)39(4)5)67(95)79-52(33-38(2)3)62(90)78-51(61(89)80-55)29-20-31-73-68(71)72/h10-19,21-28,38-40,42,49-53,55-60,76,85-86,88H,7,9,20,29-37H2,1-6,8H3,(H,74,96)(H,75,92)(H,77,87)(H,78,90)(H,79,95)(H,80,89)(H,81,93)(H,82,91)(H,83,94)(H,84,97)(H4,71,72,73)/t40?,42-,50-,51+,52-,53?,55-,56-,57+,58-,59-,60+/m0/s1. The van der Waals surface area contributed by atoms with Gasteiger partial charge in [-0.05, 0) is 83.7 Å². The van der Waals surface area contributed by atoms with E-state index in [2.05, 4.69) is 70.1 Å². The van der Waals surface area contributed by atoms with Gasteiger partial charge in [0.05, 0.1) is 37.4 Å². The van der Waals surface area contributed by atoms with Crippen LogP contribution < -0.4 is 70.0 Å². The fourth-order valence-corrected chi connectivity index (χ4v) is 11.4. The molecule has 1 heterocycles. The van der Waals surface area contributed by atoms with E-state index in [9.17, 15) is 53.7 Å². The van der Waals surface area contributed by atoms with E-state index in [4.69, 9.17) is 20.9 Å². The molecule has 4 aromatic carbocycles. The maximum absolute atomic E-state index is 15.5. The van der Waals surface area contributed by atoms with E-state index in [1.165, 1.54) is 19.1 Å². The number of carbonyl (C=O) groups is 10. The number of fused-ring (bicyclic) bond motifs is 3. The second-order valence-electron chi connectivity index (χ2n) is 25.4. The summed E-state index contributed by atoms with van der Waals surface area (Å²) in [5.41, 5.74) is 15.5. The molecule has 0 spiro atoms. The smallest absolute Gasteiger partial charge is 0.407 e. The van der Waals surface area contributed by atoms with Gasteiger partial charge in [0.25, 0.3) is 0 Å². The van der Waals surface area contributed by atoms with E-state index in [1.807, 2.05) is 48.5 Å². The topological polar surface area (TPSA) is 447 Å². The minimum Gasteiger partial charge on any atom is -0.449 e. The van der Waals surface area contributed by atoms with Crippen LogP contribution in [0.4, 0.5) is 9.59 Å². The molecule has 18 N–H and O–H groups in total. The Hall–Kier alpha value is -10.1. The number of aliphatic hydroxyl groups is 3. The zero-order valence-electron chi connectivity index (χ0n) is 56.9. The van der Waals surface area contributed by atoms with Gasteiger partial charge >= 0.3 is 12.2 Å². The summed E-state index contributed by atoms with van der Waals surface area (Å²) in [4.78, 5) is 149. The van der Waals surface area contributed by atoms with Crippen LogP contribution in [-0.2, 0) is 54.4 Å². The van der Waals surface area contributed by atoms with E-state index in [-0.39, 0.29) is 81.5 Å². The third kappa shape index (κ3) is 23.0. The SMILES string of the molecule is C=C1NC(CO)C(=O)N[C@H](c2ccccc2)[C@H](NC(=O)OCC2c3ccccc3-c3ccccc32)C(=O)N[C@@H]([C@H](O)C(C)C)C(=O)N[C@@H](CC(C)C)C(=O)N[C@H](CCCN=C(N)N)C(=O)N[C@@H](C(C)CC)C(=O)N[C@@H]([C@H](C)O)C(=O)NCC(=O)N[C@H]1CCNC(=O)OCc1ccccc1. The molecule has 10 amide bonds. The maximum Gasteiger partial charge on any atom is 0.407 e. The number of amides is 10. The van der Waals surface area contributed by atoms with E-state index in [0.717, 1.165) is 22.3 Å². The summed E-state index contributed by atoms with van der Waals surface area (Å²) in [7, 11) is 0. The molecule has 536 valence electrons. The maximum atomic E-state index is 15.5. The highest BCUT2D eigenvalue weighted by atomic mass is 16.6. The van der Waals surface area contributed by atoms with Gasteiger partial charge in [-0.3, -0.25) is 43.3 Å². The Kier molecular flexibility index (Phi) is 30.0. The molecule has 0 radical (unpaired) electrons. The van der Waals surface area contributed by atoms with Crippen LogP contribution in [0.3, 0.4) is 0 Å². The Bertz CT molecular complexity index is 3420. The van der Waals surface area contributed by atoms with Crippen LogP contribution in [0.25, 0.3) is 11.1 Å². The van der Waals surface area contributed by atoms with Gasteiger partial charge in [0.15, 0.2) is 5.96 Å². The van der Waals surface area contributed by atoms with Gasteiger partial charge < -0.3 is 94.7 Å². The second kappa shape index (κ2) is 38.1. The summed E-state index contributed by atoms with van der Waals surface area (Å²) >= 11 is 0. The molecule has 29 nitrogen and oxygen atoms in total. The Balaban J connectivity index is 1.44. The number of hydrogen-bond acceptors (Lipinski definition) is 17. The zero-order valence-corrected chi connectivity index (χ0v) is 56.9. The molecule has 1 saturated heterocycles. The highest BCUT2D eigenvalue weighted by molar-refractivity contribution is 5.98. The Labute approximate surface area is 576 Å². The number of guanidine groups is 1. The van der Waals surface area contributed by atoms with Gasteiger partial charge in [0, 0.05) is 24.7 Å². The lowest BCUT2D eigenvalue weighted by atomic mass is 9.94. The molecular formula is C70H96N14O15. The van der Waals surface area contributed by atoms with Crippen molar-refractivity contribution >= 4 is 65.4 Å². The van der Waals surface area contributed by atoms with Crippen molar-refractivity contribution in [2.45, 2.75) is 160 Å². The predicted molar refractivity (Wildman–Crippen MR) is 368 cm³/mol. The van der Waals surface area contributed by atoms with Crippen LogP contribution in [0.1, 0.15) is 115 Å². The van der Waals surface area contributed by atoms with Crippen LogP contribution >= 0.6 is 0 Å². The van der Waals surface area contributed by atoms with E-state index in [0.29, 0.717) is 5.56 Å². The number of benzene rings is 4. The Morgan fingerprint density at radius 2 is 1.18 bits per heavy atom. The quantitative estimate of drug-likeness (QED) is 0.0316. The van der Waals surface area contributed by atoms with Gasteiger partial charge in [0.2, 0.25) is 47.3 Å². The van der Waals surface area contributed by atoms with Crippen molar-refractivity contribution in [3.8, 4) is 11.1 Å². The normalized spacial score (nSPS) is 22.8. The lowest BCUT2D eigenvalue weighted by Crippen LogP contribution is -2.64. The van der Waals surface area contributed by atoms with Crippen molar-refractivity contribution in [3.63, 3.8) is 0 Å². The average molecular weight is 1370 g/mol. The van der Waals surface area contributed by atoms with Crippen LogP contribution in [0.2, 0.25) is 0 Å². The van der Waals surface area contributed by atoms with Crippen molar-refractivity contribution in [1.82, 2.24) is 58.5 Å². The number of alkyl carbamates (subject to hydrolysis) is 2. The summed E-state index contributed by atoms with van der Waals surface area (Å²) in [6.07, 6.45) is -5.34. The van der Waals surface area contributed by atoms with Crippen molar-refractivity contribution in [3.05, 3.63) is 144 Å². The minimum atomic E-state index is -1.95. The molecule has 0 bridgehead atoms. The highest BCUT2D eigenvalue weighted by Gasteiger charge is 2.42. The first-order valence-corrected chi connectivity index (χ1v) is 33.2. The van der Waals surface area contributed by atoms with Crippen molar-refractivity contribution in [1.29, 1.82) is 0 Å². The van der Waals surface area contributed by atoms with Gasteiger partial charge in [-0.1, -0.05) is 164 Å². The number of nitrogens with one attached hydrogen (secondary N) is 11. The number of nitrogens with zero attached hydrogens (tertiary/aromatic N) is 1. The molecule has 1 aliphatic carbocycles. The molecule has 0 saturated carbocycles. The first kappa shape index (κ1) is 77.9. The summed E-state index contributed by atoms with van der Waals surface area (Å²) < 4.78 is 11.3. The molecule has 1 aliphatic heterocycles. The molecule has 99 heavy (non-hydrogen) atoms. The molecule has 1 fully saturated rings. The summed E-state index contributed by atoms with van der Waals surface area (Å²) in [6.45, 7) is 13.0. The van der Waals surface area contributed by atoms with Crippen molar-refractivity contribution in [2.75, 3.05) is 32.8 Å². The van der Waals surface area contributed by atoms with Crippen molar-refractivity contribution < 1.29 is 72.7 Å². The molecule has 6 rings (SSSR count). The van der Waals surface area contributed by atoms with Crippen LogP contribution in [0.5, 0.6) is 0 Å². The van der Waals surface area contributed by atoms with Gasteiger partial charge in [-0.15, -0.1) is 0 Å². The Morgan fingerprint density at radius 3 is 1.78 bits per heavy atom. The number of aliphatic hydroxyl groups excluding tert-OH is 3. The number of aliphatic imine (C=N–C) groups is 1. The third-order valence-corrected chi connectivity index (χ3v) is 17.0. The molecule has 29 heteroatoms. The number of nitrogens with two attached hydrogens (primary N) is 2. The first-order valence-electron chi connectivity index (χ1n) is 33.2. The molecule has 2 unspecified atom stereocenters. The first-order chi connectivity index (χ1) is 47.2. The lowest BCUT2D eigenvalue weighted by Gasteiger charge is -2.33. The second-order valence-corrected chi connectivity index (χ2v) is 25.4. The minimum absolute atomic E-state index is 0.00934. The zero-order chi connectivity index (χ0) is 72.5. The molecule has 0 aromatic heterocycles. The number of ether oxygens (including phenoxy) is 2. The summed E-state index contributed by atoms with van der Waals surface area (Å²) in [5, 5.41) is 63.0. The van der Waals surface area contributed by atoms with E-state index in [1.54, 1.807) is 90.1 Å². The van der Waals surface area contributed by atoms with Crippen molar-refractivity contribution in [2.24, 2.45) is 34.2 Å². The summed E-state index contributed by atoms with van der Waals surface area (Å²) in [6, 6.07) is 17.3. The number of rotatable bonds is 21. The monoisotopic (exact) mass is 1370 g/mol. The van der Waals surface area contributed by atoms with Crippen LogP contribution in [0, 0.1) is 17.8 Å². The fourth-order valence-electron chi connectivity index (χ4n) is 11.4. The van der Waals surface area contributed by atoms with E-state index < -0.39 is 157 Å². The molecule has 12 atom stereocenters. The lowest BCUT2D eigenvalue weighted by molar-refractivity contribution is -0.138. The van der Waals surface area contributed by atoms with Gasteiger partial charge in [-0.2, -0.15) is 0 Å². The average Bonchev–Trinajstić information content (AvgIpc) is 1.62. The molecular weight excluding hydrogens is 1280 g/mol. The van der Waals surface area contributed by atoms with Gasteiger partial charge in [-0.25, -0.2) is 9.59 Å². The highest BCUT2D eigenvalue weighted by Crippen LogP contribution is 2.44.